The van der Waals surface area contributed by atoms with Crippen molar-refractivity contribution in [3.8, 4) is 0 Å². The fraction of sp³-hybridized carbons (Fsp3) is 1.00. The molecule has 0 aromatic heterocycles. The molecule has 0 N–H and O–H groups in total. The van der Waals surface area contributed by atoms with E-state index in [0.29, 0.717) is 0 Å². The van der Waals surface area contributed by atoms with E-state index in [0.717, 1.165) is 26.4 Å². The Morgan fingerprint density at radius 1 is 0.462 bits per heavy atom. The fourth-order valence-electron chi connectivity index (χ4n) is 1.37. The summed E-state index contributed by atoms with van der Waals surface area (Å²) in [6.07, 6.45) is 7.86. The van der Waals surface area contributed by atoms with Gasteiger partial charge in [0.05, 0.1) is 0 Å². The Labute approximate surface area is 91.8 Å². The summed E-state index contributed by atoms with van der Waals surface area (Å²) in [7, 11) is 0. The molecular weight excluding hydrogens is 208 g/mol. The Bertz CT molecular complexity index is 55.9. The number of hydrogen-bond donors (Lipinski definition) is 0. The first-order chi connectivity index (χ1) is 6.00. The zero-order valence-electron chi connectivity index (χ0n) is 8.24. The van der Waals surface area contributed by atoms with Gasteiger partial charge in [0.1, 0.15) is 0 Å². The normalized spacial score (nSPS) is 22.2. The van der Waals surface area contributed by atoms with Crippen LogP contribution in [0.25, 0.3) is 0 Å². The first-order valence-corrected chi connectivity index (χ1v) is 5.15. The summed E-state index contributed by atoms with van der Waals surface area (Å²) in [5.41, 5.74) is 0. The molecule has 2 aliphatic rings. The van der Waals surface area contributed by atoms with Crippen LogP contribution in [0, 0.1) is 0 Å². The smallest absolute Gasteiger partial charge is 0.0466 e. The van der Waals surface area contributed by atoms with Gasteiger partial charge in [0.15, 0.2) is 0 Å². The molecule has 80 valence electrons. The summed E-state index contributed by atoms with van der Waals surface area (Å²) in [5, 5.41) is 0. The third kappa shape index (κ3) is 8.76. The van der Waals surface area contributed by atoms with Crippen molar-refractivity contribution in [2.75, 3.05) is 26.4 Å². The van der Waals surface area contributed by atoms with Gasteiger partial charge in [-0.05, 0) is 38.5 Å². The van der Waals surface area contributed by atoms with E-state index in [1.54, 1.807) is 0 Å². The van der Waals surface area contributed by atoms with E-state index in [2.05, 4.69) is 0 Å². The van der Waals surface area contributed by atoms with Crippen molar-refractivity contribution in [1.29, 1.82) is 0 Å². The van der Waals surface area contributed by atoms with Crippen molar-refractivity contribution in [1.82, 2.24) is 0 Å². The Kier molecular flexibility index (Phi) is 10.9. The number of rotatable bonds is 0. The van der Waals surface area contributed by atoms with Crippen LogP contribution in [0.1, 0.15) is 38.5 Å². The van der Waals surface area contributed by atoms with Gasteiger partial charge in [0, 0.05) is 43.5 Å². The molecule has 0 aromatic rings. The molecule has 3 heteroatoms. The summed E-state index contributed by atoms with van der Waals surface area (Å²) >= 11 is 0. The summed E-state index contributed by atoms with van der Waals surface area (Å²) in [6.45, 7) is 4.00. The maximum atomic E-state index is 5.07. The van der Waals surface area contributed by atoms with E-state index in [9.17, 15) is 0 Å². The Balaban J connectivity index is 0.000000206. The fourth-order valence-corrected chi connectivity index (χ4v) is 1.37. The molecular formula is C10H20FeO2. The molecule has 2 saturated heterocycles. The molecule has 2 fully saturated rings. The largest absolute Gasteiger partial charge is 0.381 e. The van der Waals surface area contributed by atoms with Gasteiger partial charge in [0.25, 0.3) is 0 Å². The van der Waals surface area contributed by atoms with Crippen LogP contribution >= 0.6 is 0 Å². The first kappa shape index (κ1) is 13.4. The molecule has 13 heavy (non-hydrogen) atoms. The molecule has 2 heterocycles. The monoisotopic (exact) mass is 228 g/mol. The van der Waals surface area contributed by atoms with Gasteiger partial charge in [-0.25, -0.2) is 0 Å². The standard InChI is InChI=1S/2C5H10O.Fe/c2*1-2-4-6-5-3-1;/h2*1-5H2;. The second-order valence-corrected chi connectivity index (χ2v) is 3.35. The van der Waals surface area contributed by atoms with Crippen molar-refractivity contribution < 1.29 is 26.5 Å². The zero-order valence-corrected chi connectivity index (χ0v) is 9.35. The van der Waals surface area contributed by atoms with E-state index in [1.165, 1.54) is 38.5 Å². The maximum Gasteiger partial charge on any atom is 0.0466 e. The molecule has 0 bridgehead atoms. The summed E-state index contributed by atoms with van der Waals surface area (Å²) in [6, 6.07) is 0. The third-order valence-corrected chi connectivity index (χ3v) is 2.15. The minimum Gasteiger partial charge on any atom is -0.381 e. The van der Waals surface area contributed by atoms with Gasteiger partial charge in [-0.1, -0.05) is 0 Å². The van der Waals surface area contributed by atoms with Gasteiger partial charge >= 0.3 is 0 Å². The van der Waals surface area contributed by atoms with Gasteiger partial charge in [0.2, 0.25) is 0 Å². The van der Waals surface area contributed by atoms with Crippen molar-refractivity contribution in [2.45, 2.75) is 38.5 Å². The molecule has 0 amide bonds. The van der Waals surface area contributed by atoms with Crippen LogP contribution < -0.4 is 0 Å². The molecule has 2 nitrogen and oxygen atoms in total. The molecule has 0 spiro atoms. The van der Waals surface area contributed by atoms with Crippen LogP contribution in [0.15, 0.2) is 0 Å². The predicted molar refractivity (Wildman–Crippen MR) is 49.3 cm³/mol. The van der Waals surface area contributed by atoms with Gasteiger partial charge < -0.3 is 9.47 Å². The van der Waals surface area contributed by atoms with E-state index in [1.807, 2.05) is 0 Å². The maximum absolute atomic E-state index is 5.07. The quantitative estimate of drug-likeness (QED) is 0.592. The molecule has 0 aliphatic carbocycles. The summed E-state index contributed by atoms with van der Waals surface area (Å²) < 4.78 is 10.1. The second-order valence-electron chi connectivity index (χ2n) is 3.35. The van der Waals surface area contributed by atoms with E-state index < -0.39 is 0 Å². The molecule has 2 aliphatic heterocycles. The van der Waals surface area contributed by atoms with Crippen molar-refractivity contribution in [2.24, 2.45) is 0 Å². The Morgan fingerprint density at radius 2 is 0.769 bits per heavy atom. The van der Waals surface area contributed by atoms with Crippen LogP contribution in [-0.2, 0) is 26.5 Å². The van der Waals surface area contributed by atoms with Crippen molar-refractivity contribution >= 4 is 0 Å². The van der Waals surface area contributed by atoms with Gasteiger partial charge in [-0.3, -0.25) is 0 Å². The minimum atomic E-state index is 0. The number of ether oxygens (including phenoxy) is 2. The SMILES string of the molecule is C1CCOCC1.C1CCOCC1.[Fe]. The van der Waals surface area contributed by atoms with E-state index >= 15 is 0 Å². The van der Waals surface area contributed by atoms with E-state index in [-0.39, 0.29) is 17.1 Å². The van der Waals surface area contributed by atoms with Crippen LogP contribution in [0.3, 0.4) is 0 Å². The summed E-state index contributed by atoms with van der Waals surface area (Å²) in [4.78, 5) is 0. The van der Waals surface area contributed by atoms with Crippen LogP contribution in [0.2, 0.25) is 0 Å². The third-order valence-electron chi connectivity index (χ3n) is 2.15. The molecule has 0 saturated carbocycles. The van der Waals surface area contributed by atoms with Crippen molar-refractivity contribution in [3.63, 3.8) is 0 Å². The molecule has 0 atom stereocenters. The van der Waals surface area contributed by atoms with Crippen molar-refractivity contribution in [3.05, 3.63) is 0 Å². The minimum absolute atomic E-state index is 0. The van der Waals surface area contributed by atoms with Gasteiger partial charge in [-0.2, -0.15) is 0 Å². The molecule has 0 aromatic carbocycles. The average molecular weight is 228 g/mol. The predicted octanol–water partition coefficient (Wildman–Crippen LogP) is 2.37. The Morgan fingerprint density at radius 3 is 0.846 bits per heavy atom. The van der Waals surface area contributed by atoms with Gasteiger partial charge in [-0.15, -0.1) is 0 Å². The Hall–Kier alpha value is 0.439. The summed E-state index contributed by atoms with van der Waals surface area (Å²) in [5.74, 6) is 0. The topological polar surface area (TPSA) is 18.5 Å². The van der Waals surface area contributed by atoms with E-state index in [4.69, 9.17) is 9.47 Å². The van der Waals surface area contributed by atoms with Crippen LogP contribution in [0.4, 0.5) is 0 Å². The van der Waals surface area contributed by atoms with Crippen LogP contribution in [0.5, 0.6) is 0 Å². The molecule has 0 radical (unpaired) electrons. The molecule has 2 rings (SSSR count). The zero-order chi connectivity index (χ0) is 8.49. The second kappa shape index (κ2) is 10.5. The molecule has 0 unspecified atom stereocenters. The average Bonchev–Trinajstić information content (AvgIpc) is 2.24. The van der Waals surface area contributed by atoms with Crippen LogP contribution in [-0.4, -0.2) is 26.4 Å². The number of hydrogen-bond acceptors (Lipinski definition) is 2. The first-order valence-electron chi connectivity index (χ1n) is 5.15.